The summed E-state index contributed by atoms with van der Waals surface area (Å²) in [7, 11) is 3.37. The van der Waals surface area contributed by atoms with Crippen LogP contribution in [0, 0.1) is 5.82 Å². The minimum absolute atomic E-state index is 0.0902. The van der Waals surface area contributed by atoms with Crippen LogP contribution >= 0.6 is 0 Å². The van der Waals surface area contributed by atoms with Crippen LogP contribution in [0.15, 0.2) is 36.4 Å². The molecule has 0 bridgehead atoms. The third-order valence-electron chi connectivity index (χ3n) is 5.29. The third-order valence-corrected chi connectivity index (χ3v) is 5.29. The highest BCUT2D eigenvalue weighted by molar-refractivity contribution is 5.95. The van der Waals surface area contributed by atoms with Crippen LogP contribution in [0.2, 0.25) is 0 Å². The number of alkyl halides is 2. The van der Waals surface area contributed by atoms with Gasteiger partial charge in [-0.2, -0.15) is 8.78 Å². The van der Waals surface area contributed by atoms with Crippen LogP contribution in [0.4, 0.5) is 18.9 Å². The lowest BCUT2D eigenvalue weighted by Gasteiger charge is -2.36. The molecule has 0 aliphatic carbocycles. The van der Waals surface area contributed by atoms with Gasteiger partial charge in [-0.3, -0.25) is 4.79 Å². The molecule has 2 aromatic carbocycles. The quantitative estimate of drug-likeness (QED) is 0.716. The zero-order valence-electron chi connectivity index (χ0n) is 17.7. The van der Waals surface area contributed by atoms with Gasteiger partial charge in [0.1, 0.15) is 5.82 Å². The van der Waals surface area contributed by atoms with Crippen molar-refractivity contribution < 1.29 is 27.4 Å². The molecular weight excluding hydrogens is 411 g/mol. The Morgan fingerprint density at radius 3 is 2.42 bits per heavy atom. The van der Waals surface area contributed by atoms with Gasteiger partial charge in [0.25, 0.3) is 5.91 Å². The first kappa shape index (κ1) is 22.7. The standard InChI is InChI=1S/C22H26F3N3O3/c1-14(17-13-16(23)5-6-18(17)28-10-8-27(2)9-11-28)26-21(29)15-4-7-19(30-3)20(12-15)31-22(24)25/h4-7,12-14,22H,8-11H2,1-3H3,(H,26,29). The van der Waals surface area contributed by atoms with Crippen molar-refractivity contribution in [2.24, 2.45) is 0 Å². The Morgan fingerprint density at radius 1 is 1.06 bits per heavy atom. The van der Waals surface area contributed by atoms with Gasteiger partial charge < -0.3 is 24.6 Å². The van der Waals surface area contributed by atoms with Crippen molar-refractivity contribution in [3.8, 4) is 11.5 Å². The summed E-state index contributed by atoms with van der Waals surface area (Å²) < 4.78 is 48.8. The Kier molecular flexibility index (Phi) is 7.27. The summed E-state index contributed by atoms with van der Waals surface area (Å²) in [6.07, 6.45) is 0. The van der Waals surface area contributed by atoms with Crippen LogP contribution in [0.5, 0.6) is 11.5 Å². The fraction of sp³-hybridized carbons (Fsp3) is 0.409. The molecule has 1 amide bonds. The molecule has 1 heterocycles. The van der Waals surface area contributed by atoms with Gasteiger partial charge in [0.2, 0.25) is 0 Å². The van der Waals surface area contributed by atoms with Crippen molar-refractivity contribution in [3.63, 3.8) is 0 Å². The number of hydrogen-bond donors (Lipinski definition) is 1. The number of likely N-dealkylation sites (N-methyl/N-ethyl adjacent to an activating group) is 1. The Balaban J connectivity index is 1.80. The van der Waals surface area contributed by atoms with Crippen LogP contribution in [0.1, 0.15) is 28.9 Å². The first-order valence-corrected chi connectivity index (χ1v) is 9.95. The summed E-state index contributed by atoms with van der Waals surface area (Å²) in [6, 6.07) is 8.06. The molecule has 0 radical (unpaired) electrons. The maximum Gasteiger partial charge on any atom is 0.387 e. The molecule has 1 aliphatic rings. The Morgan fingerprint density at radius 2 is 1.77 bits per heavy atom. The molecule has 0 spiro atoms. The summed E-state index contributed by atoms with van der Waals surface area (Å²) in [5.41, 5.74) is 1.63. The number of nitrogens with zero attached hydrogens (tertiary/aromatic N) is 2. The molecule has 1 N–H and O–H groups in total. The van der Waals surface area contributed by atoms with Gasteiger partial charge in [-0.25, -0.2) is 4.39 Å². The average molecular weight is 437 g/mol. The van der Waals surface area contributed by atoms with Gasteiger partial charge >= 0.3 is 6.61 Å². The van der Waals surface area contributed by atoms with E-state index in [9.17, 15) is 18.0 Å². The van der Waals surface area contributed by atoms with Crippen LogP contribution < -0.4 is 19.7 Å². The fourth-order valence-electron chi connectivity index (χ4n) is 3.57. The van der Waals surface area contributed by atoms with Crippen molar-refractivity contribution >= 4 is 11.6 Å². The van der Waals surface area contributed by atoms with E-state index in [0.29, 0.717) is 5.56 Å². The fourth-order valence-corrected chi connectivity index (χ4v) is 3.57. The van der Waals surface area contributed by atoms with E-state index in [1.807, 2.05) is 7.05 Å². The molecule has 1 unspecified atom stereocenters. The summed E-state index contributed by atoms with van der Waals surface area (Å²) in [5, 5.41) is 2.82. The van der Waals surface area contributed by atoms with Crippen molar-refractivity contribution in [3.05, 3.63) is 53.3 Å². The van der Waals surface area contributed by atoms with Gasteiger partial charge in [0.15, 0.2) is 11.5 Å². The number of hydrogen-bond acceptors (Lipinski definition) is 5. The topological polar surface area (TPSA) is 54.0 Å². The second-order valence-electron chi connectivity index (χ2n) is 7.43. The third kappa shape index (κ3) is 5.61. The summed E-state index contributed by atoms with van der Waals surface area (Å²) in [5.74, 6) is -1.04. The SMILES string of the molecule is COc1ccc(C(=O)NC(C)c2cc(F)ccc2N2CCN(C)CC2)cc1OC(F)F. The Labute approximate surface area is 179 Å². The number of carbonyl (C=O) groups is 1. The van der Waals surface area contributed by atoms with Crippen molar-refractivity contribution in [2.45, 2.75) is 19.6 Å². The number of rotatable bonds is 7. The minimum atomic E-state index is -3.05. The number of carbonyl (C=O) groups excluding carboxylic acids is 1. The second-order valence-corrected chi connectivity index (χ2v) is 7.43. The lowest BCUT2D eigenvalue weighted by atomic mass is 10.0. The molecule has 6 nitrogen and oxygen atoms in total. The molecule has 9 heteroatoms. The van der Waals surface area contributed by atoms with Gasteiger partial charge in [0.05, 0.1) is 13.2 Å². The second kappa shape index (κ2) is 9.91. The number of amides is 1. The first-order chi connectivity index (χ1) is 14.8. The van der Waals surface area contributed by atoms with E-state index in [1.165, 1.54) is 37.4 Å². The molecule has 1 saturated heterocycles. The normalized spacial score (nSPS) is 15.6. The number of ether oxygens (including phenoxy) is 2. The van der Waals surface area contributed by atoms with Gasteiger partial charge in [-0.15, -0.1) is 0 Å². The van der Waals surface area contributed by atoms with E-state index < -0.39 is 24.4 Å². The predicted octanol–water partition coefficient (Wildman–Crippen LogP) is 3.68. The number of piperazine rings is 1. The van der Waals surface area contributed by atoms with Crippen molar-refractivity contribution in [1.29, 1.82) is 0 Å². The van der Waals surface area contributed by atoms with E-state index in [4.69, 9.17) is 4.74 Å². The Bertz CT molecular complexity index is 918. The lowest BCUT2D eigenvalue weighted by Crippen LogP contribution is -2.45. The minimum Gasteiger partial charge on any atom is -0.493 e. The number of anilines is 1. The number of methoxy groups -OCH3 is 1. The molecule has 31 heavy (non-hydrogen) atoms. The lowest BCUT2D eigenvalue weighted by molar-refractivity contribution is -0.0512. The molecule has 1 atom stereocenters. The number of nitrogens with one attached hydrogen (secondary N) is 1. The zero-order valence-corrected chi connectivity index (χ0v) is 17.7. The zero-order chi connectivity index (χ0) is 22.5. The summed E-state index contributed by atoms with van der Waals surface area (Å²) in [6.45, 7) is 2.06. The van der Waals surface area contributed by atoms with Crippen molar-refractivity contribution in [2.75, 3.05) is 45.2 Å². The number of benzene rings is 2. The maximum atomic E-state index is 14.0. The summed E-state index contributed by atoms with van der Waals surface area (Å²) >= 11 is 0. The maximum absolute atomic E-state index is 14.0. The molecule has 1 aliphatic heterocycles. The highest BCUT2D eigenvalue weighted by Gasteiger charge is 2.22. The molecular formula is C22H26F3N3O3. The molecule has 3 rings (SSSR count). The van der Waals surface area contributed by atoms with Crippen LogP contribution in [-0.4, -0.2) is 57.8 Å². The van der Waals surface area contributed by atoms with Gasteiger partial charge in [-0.1, -0.05) is 0 Å². The number of halogens is 3. The van der Waals surface area contributed by atoms with E-state index in [1.54, 1.807) is 13.0 Å². The van der Waals surface area contributed by atoms with E-state index in [0.717, 1.165) is 31.9 Å². The molecule has 0 aromatic heterocycles. The summed E-state index contributed by atoms with van der Waals surface area (Å²) in [4.78, 5) is 17.2. The van der Waals surface area contributed by atoms with Crippen LogP contribution in [0.25, 0.3) is 0 Å². The predicted molar refractivity (Wildman–Crippen MR) is 112 cm³/mol. The monoisotopic (exact) mass is 437 g/mol. The molecule has 168 valence electrons. The molecule has 1 fully saturated rings. The highest BCUT2D eigenvalue weighted by atomic mass is 19.3. The molecule has 0 saturated carbocycles. The van der Waals surface area contributed by atoms with E-state index >= 15 is 0 Å². The van der Waals surface area contributed by atoms with E-state index in [-0.39, 0.29) is 17.1 Å². The van der Waals surface area contributed by atoms with Crippen LogP contribution in [-0.2, 0) is 0 Å². The average Bonchev–Trinajstić information content (AvgIpc) is 2.74. The largest absolute Gasteiger partial charge is 0.493 e. The van der Waals surface area contributed by atoms with E-state index in [2.05, 4.69) is 19.9 Å². The smallest absolute Gasteiger partial charge is 0.387 e. The van der Waals surface area contributed by atoms with Gasteiger partial charge in [0, 0.05) is 43.0 Å². The van der Waals surface area contributed by atoms with Crippen molar-refractivity contribution in [1.82, 2.24) is 10.2 Å². The Hall–Kier alpha value is -2.94. The first-order valence-electron chi connectivity index (χ1n) is 9.95. The molecule has 2 aromatic rings. The van der Waals surface area contributed by atoms with Gasteiger partial charge in [-0.05, 0) is 50.4 Å². The van der Waals surface area contributed by atoms with Crippen LogP contribution in [0.3, 0.4) is 0 Å². The highest BCUT2D eigenvalue weighted by Crippen LogP contribution is 2.31.